The average Bonchev–Trinajstić information content (AvgIpc) is 2.45. The largest absolute Gasteiger partial charge is 0.491 e. The van der Waals surface area contributed by atoms with Gasteiger partial charge in [0.2, 0.25) is 0 Å². The number of methoxy groups -OCH3 is 1. The molecule has 0 bridgehead atoms. The molecule has 0 spiro atoms. The van der Waals surface area contributed by atoms with Crippen LogP contribution in [0.3, 0.4) is 0 Å². The van der Waals surface area contributed by atoms with E-state index in [9.17, 15) is 10.2 Å². The third-order valence-corrected chi connectivity index (χ3v) is 3.03. The fourth-order valence-electron chi connectivity index (χ4n) is 1.92. The number of nitrogens with one attached hydrogen (secondary N) is 1. The zero-order valence-electron chi connectivity index (χ0n) is 10.4. The van der Waals surface area contributed by atoms with Gasteiger partial charge in [-0.15, -0.1) is 0 Å². The van der Waals surface area contributed by atoms with Crippen LogP contribution in [0.5, 0.6) is 5.75 Å². The molecule has 0 aromatic carbocycles. The predicted molar refractivity (Wildman–Crippen MR) is 64.8 cm³/mol. The van der Waals surface area contributed by atoms with Crippen LogP contribution in [0.1, 0.15) is 0 Å². The molecule has 106 valence electrons. The van der Waals surface area contributed by atoms with Crippen LogP contribution < -0.4 is 10.1 Å². The van der Waals surface area contributed by atoms with E-state index in [4.69, 9.17) is 14.6 Å². The quantitative estimate of drug-likeness (QED) is 0.516. The van der Waals surface area contributed by atoms with Gasteiger partial charge in [0, 0.05) is 0 Å². The molecular formula is C11H17N3O5. The summed E-state index contributed by atoms with van der Waals surface area (Å²) < 4.78 is 10.3. The van der Waals surface area contributed by atoms with Gasteiger partial charge < -0.3 is 30.1 Å². The molecule has 8 nitrogen and oxygen atoms in total. The Hall–Kier alpha value is -1.48. The summed E-state index contributed by atoms with van der Waals surface area (Å²) in [6.45, 7) is -0.210. The number of hydrogen-bond donors (Lipinski definition) is 4. The second-order valence-electron chi connectivity index (χ2n) is 4.23. The lowest BCUT2D eigenvalue weighted by molar-refractivity contribution is -0.152. The third kappa shape index (κ3) is 2.92. The van der Waals surface area contributed by atoms with E-state index in [1.807, 2.05) is 0 Å². The van der Waals surface area contributed by atoms with Crippen molar-refractivity contribution in [3.8, 4) is 5.75 Å². The van der Waals surface area contributed by atoms with E-state index in [1.165, 1.54) is 19.6 Å². The van der Waals surface area contributed by atoms with Gasteiger partial charge in [0.05, 0.1) is 32.6 Å². The van der Waals surface area contributed by atoms with Crippen molar-refractivity contribution in [3.05, 3.63) is 12.5 Å². The average molecular weight is 271 g/mol. The summed E-state index contributed by atoms with van der Waals surface area (Å²) in [7, 11) is 1.48. The summed E-state index contributed by atoms with van der Waals surface area (Å²) in [5.41, 5.74) is 0. The lowest BCUT2D eigenvalue weighted by Crippen LogP contribution is -2.56. The van der Waals surface area contributed by atoms with Crippen molar-refractivity contribution in [2.75, 3.05) is 25.6 Å². The van der Waals surface area contributed by atoms with Crippen molar-refractivity contribution in [1.82, 2.24) is 9.97 Å². The molecule has 2 rings (SSSR count). The SMILES string of the molecule is COc1cncnc1N[C@H]1CO[C@H](CO)[C@H](O)[C@@H]1O. The highest BCUT2D eigenvalue weighted by molar-refractivity contribution is 5.48. The highest BCUT2D eigenvalue weighted by Crippen LogP contribution is 2.23. The van der Waals surface area contributed by atoms with Gasteiger partial charge in [-0.05, 0) is 0 Å². The van der Waals surface area contributed by atoms with Crippen molar-refractivity contribution in [1.29, 1.82) is 0 Å². The van der Waals surface area contributed by atoms with E-state index >= 15 is 0 Å². The first-order valence-corrected chi connectivity index (χ1v) is 5.86. The molecule has 1 aliphatic heterocycles. The second-order valence-corrected chi connectivity index (χ2v) is 4.23. The summed E-state index contributed by atoms with van der Waals surface area (Å²) in [5.74, 6) is 0.827. The third-order valence-electron chi connectivity index (χ3n) is 3.03. The Kier molecular flexibility index (Phi) is 4.48. The van der Waals surface area contributed by atoms with Crippen LogP contribution in [0.25, 0.3) is 0 Å². The summed E-state index contributed by atoms with van der Waals surface area (Å²) in [4.78, 5) is 7.81. The van der Waals surface area contributed by atoms with Crippen molar-refractivity contribution in [2.24, 2.45) is 0 Å². The summed E-state index contributed by atoms with van der Waals surface area (Å²) in [5, 5.41) is 31.7. The molecule has 1 aliphatic rings. The van der Waals surface area contributed by atoms with Crippen LogP contribution >= 0.6 is 0 Å². The molecule has 19 heavy (non-hydrogen) atoms. The minimum Gasteiger partial charge on any atom is -0.491 e. The first-order chi connectivity index (χ1) is 9.17. The van der Waals surface area contributed by atoms with E-state index in [-0.39, 0.29) is 13.2 Å². The maximum absolute atomic E-state index is 9.98. The molecule has 0 aliphatic carbocycles. The minimum absolute atomic E-state index is 0.136. The fraction of sp³-hybridized carbons (Fsp3) is 0.636. The van der Waals surface area contributed by atoms with Crippen LogP contribution in [0.15, 0.2) is 12.5 Å². The topological polar surface area (TPSA) is 117 Å². The van der Waals surface area contributed by atoms with Gasteiger partial charge in [-0.3, -0.25) is 0 Å². The van der Waals surface area contributed by atoms with E-state index in [1.54, 1.807) is 0 Å². The lowest BCUT2D eigenvalue weighted by atomic mass is 9.98. The van der Waals surface area contributed by atoms with Gasteiger partial charge in [-0.25, -0.2) is 9.97 Å². The Morgan fingerprint density at radius 3 is 2.95 bits per heavy atom. The smallest absolute Gasteiger partial charge is 0.179 e. The molecule has 2 heterocycles. The van der Waals surface area contributed by atoms with Gasteiger partial charge in [0.15, 0.2) is 11.6 Å². The maximum atomic E-state index is 9.98. The predicted octanol–water partition coefficient (Wildman–Crippen LogP) is -1.62. The number of aromatic nitrogens is 2. The van der Waals surface area contributed by atoms with Crippen LogP contribution in [0.4, 0.5) is 5.82 Å². The number of rotatable bonds is 4. The Labute approximate surface area is 110 Å². The minimum atomic E-state index is -1.16. The molecule has 4 N–H and O–H groups in total. The van der Waals surface area contributed by atoms with Crippen LogP contribution in [0, 0.1) is 0 Å². The Bertz CT molecular complexity index is 419. The molecule has 0 radical (unpaired) electrons. The number of hydrogen-bond acceptors (Lipinski definition) is 8. The number of ether oxygens (including phenoxy) is 2. The van der Waals surface area contributed by atoms with Crippen molar-refractivity contribution < 1.29 is 24.8 Å². The van der Waals surface area contributed by atoms with E-state index in [0.29, 0.717) is 11.6 Å². The highest BCUT2D eigenvalue weighted by Gasteiger charge is 2.38. The van der Waals surface area contributed by atoms with E-state index in [2.05, 4.69) is 15.3 Å². The van der Waals surface area contributed by atoms with Gasteiger partial charge in [-0.2, -0.15) is 0 Å². The van der Waals surface area contributed by atoms with E-state index in [0.717, 1.165) is 0 Å². The molecule has 0 saturated carbocycles. The summed E-state index contributed by atoms with van der Waals surface area (Å²) in [6, 6.07) is -0.554. The molecule has 1 aromatic heterocycles. The lowest BCUT2D eigenvalue weighted by Gasteiger charge is -2.37. The molecule has 1 aromatic rings. The molecule has 1 saturated heterocycles. The molecule has 1 fully saturated rings. The molecule has 0 amide bonds. The normalized spacial score (nSPS) is 30.9. The van der Waals surface area contributed by atoms with Gasteiger partial charge in [0.25, 0.3) is 0 Å². The van der Waals surface area contributed by atoms with Crippen LogP contribution in [0.2, 0.25) is 0 Å². The molecular weight excluding hydrogens is 254 g/mol. The van der Waals surface area contributed by atoms with Gasteiger partial charge in [-0.1, -0.05) is 0 Å². The highest BCUT2D eigenvalue weighted by atomic mass is 16.5. The zero-order chi connectivity index (χ0) is 13.8. The fourth-order valence-corrected chi connectivity index (χ4v) is 1.92. The summed E-state index contributed by atoms with van der Waals surface area (Å²) >= 11 is 0. The zero-order valence-corrected chi connectivity index (χ0v) is 10.4. The first kappa shape index (κ1) is 13.9. The Balaban J connectivity index is 2.07. The van der Waals surface area contributed by atoms with Crippen LogP contribution in [-0.4, -0.2) is 70.0 Å². The van der Waals surface area contributed by atoms with Crippen molar-refractivity contribution in [3.63, 3.8) is 0 Å². The number of aliphatic hydroxyl groups excluding tert-OH is 3. The number of aliphatic hydroxyl groups is 3. The van der Waals surface area contributed by atoms with Gasteiger partial charge in [0.1, 0.15) is 24.6 Å². The second kappa shape index (κ2) is 6.11. The monoisotopic (exact) mass is 271 g/mol. The van der Waals surface area contributed by atoms with Crippen LogP contribution in [-0.2, 0) is 4.74 Å². The Morgan fingerprint density at radius 1 is 1.47 bits per heavy atom. The molecule has 0 unspecified atom stereocenters. The molecule has 4 atom stereocenters. The van der Waals surface area contributed by atoms with Gasteiger partial charge >= 0.3 is 0 Å². The number of nitrogens with zero attached hydrogens (tertiary/aromatic N) is 2. The van der Waals surface area contributed by atoms with Crippen molar-refractivity contribution in [2.45, 2.75) is 24.4 Å². The van der Waals surface area contributed by atoms with Crippen molar-refractivity contribution >= 4 is 5.82 Å². The molecule has 8 heteroatoms. The standard InChI is InChI=1S/C11H17N3O5/c1-18-7-2-12-5-13-11(7)14-6-4-19-8(3-15)10(17)9(6)16/h2,5-6,8-10,15-17H,3-4H2,1H3,(H,12,13,14)/t6-,8+,9+,10-/m0/s1. The Morgan fingerprint density at radius 2 is 2.26 bits per heavy atom. The first-order valence-electron chi connectivity index (χ1n) is 5.86. The van der Waals surface area contributed by atoms with E-state index < -0.39 is 24.4 Å². The number of anilines is 1. The maximum Gasteiger partial charge on any atom is 0.179 e. The summed E-state index contributed by atoms with van der Waals surface area (Å²) in [6.07, 6.45) is -0.193.